The van der Waals surface area contributed by atoms with Crippen molar-refractivity contribution in [2.45, 2.75) is 92.0 Å². The van der Waals surface area contributed by atoms with Gasteiger partial charge in [-0.3, -0.25) is 0 Å². The SMILES string of the molecule is CC#C[C@H](C[C@H](C)CCC=C(C)C)O[Si](C)(C)C(C)(C)C. The van der Waals surface area contributed by atoms with Crippen molar-refractivity contribution in [1.82, 2.24) is 0 Å². The van der Waals surface area contributed by atoms with E-state index < -0.39 is 8.32 Å². The van der Waals surface area contributed by atoms with Gasteiger partial charge in [0.2, 0.25) is 0 Å². The first-order chi connectivity index (χ1) is 9.49. The Morgan fingerprint density at radius 3 is 2.24 bits per heavy atom. The third-order valence-corrected chi connectivity index (χ3v) is 8.86. The van der Waals surface area contributed by atoms with Crippen LogP contribution in [0.25, 0.3) is 0 Å². The highest BCUT2D eigenvalue weighted by molar-refractivity contribution is 6.74. The van der Waals surface area contributed by atoms with E-state index in [4.69, 9.17) is 4.43 Å². The Bertz CT molecular complexity index is 386. The molecule has 0 aromatic heterocycles. The van der Waals surface area contributed by atoms with Gasteiger partial charge >= 0.3 is 0 Å². The van der Waals surface area contributed by atoms with Crippen molar-refractivity contribution in [2.75, 3.05) is 0 Å². The summed E-state index contributed by atoms with van der Waals surface area (Å²) in [7, 11) is -1.74. The van der Waals surface area contributed by atoms with Crippen LogP contribution in [-0.2, 0) is 4.43 Å². The Balaban J connectivity index is 4.63. The molecule has 0 saturated carbocycles. The smallest absolute Gasteiger partial charge is 0.193 e. The van der Waals surface area contributed by atoms with Crippen molar-refractivity contribution in [3.63, 3.8) is 0 Å². The third-order valence-electron chi connectivity index (χ3n) is 4.38. The van der Waals surface area contributed by atoms with Crippen molar-refractivity contribution in [3.05, 3.63) is 11.6 Å². The third kappa shape index (κ3) is 8.49. The second-order valence-electron chi connectivity index (χ2n) is 7.96. The molecule has 0 heterocycles. The topological polar surface area (TPSA) is 9.23 Å². The van der Waals surface area contributed by atoms with Gasteiger partial charge in [-0.15, -0.1) is 5.92 Å². The molecule has 2 heteroatoms. The van der Waals surface area contributed by atoms with E-state index >= 15 is 0 Å². The minimum absolute atomic E-state index is 0.0950. The van der Waals surface area contributed by atoms with Gasteiger partial charge in [0.25, 0.3) is 0 Å². The first-order valence-electron chi connectivity index (χ1n) is 8.23. The fraction of sp³-hybridized carbons (Fsp3) is 0.789. The number of hydrogen-bond donors (Lipinski definition) is 0. The van der Waals surface area contributed by atoms with Crippen molar-refractivity contribution >= 4 is 8.32 Å². The standard InChI is InChI=1S/C19H36OSi/c1-10-12-18(20-21(8,9)19(5,6)7)15-17(4)14-11-13-16(2)3/h13,17-18H,11,14-15H2,1-9H3/t17-,18-/m1/s1. The quantitative estimate of drug-likeness (QED) is 0.310. The van der Waals surface area contributed by atoms with E-state index in [1.807, 2.05) is 6.92 Å². The summed E-state index contributed by atoms with van der Waals surface area (Å²) in [6.07, 6.45) is 5.84. The zero-order valence-corrected chi connectivity index (χ0v) is 16.8. The summed E-state index contributed by atoms with van der Waals surface area (Å²) in [6, 6.07) is 0. The molecule has 0 saturated heterocycles. The predicted molar refractivity (Wildman–Crippen MR) is 98.0 cm³/mol. The Labute approximate surface area is 134 Å². The summed E-state index contributed by atoms with van der Waals surface area (Å²) < 4.78 is 6.49. The number of rotatable bonds is 7. The molecule has 122 valence electrons. The molecule has 0 aromatic rings. The van der Waals surface area contributed by atoms with E-state index in [-0.39, 0.29) is 11.1 Å². The summed E-state index contributed by atoms with van der Waals surface area (Å²) in [4.78, 5) is 0. The zero-order valence-electron chi connectivity index (χ0n) is 15.8. The van der Waals surface area contributed by atoms with E-state index in [9.17, 15) is 0 Å². The second kappa shape index (κ2) is 8.81. The number of hydrogen-bond acceptors (Lipinski definition) is 1. The maximum Gasteiger partial charge on any atom is 0.193 e. The fourth-order valence-electron chi connectivity index (χ4n) is 1.97. The molecule has 0 aromatic carbocycles. The summed E-state index contributed by atoms with van der Waals surface area (Å²) >= 11 is 0. The molecule has 0 aliphatic carbocycles. The molecular weight excluding hydrogens is 272 g/mol. The fourth-order valence-corrected chi connectivity index (χ4v) is 3.19. The molecule has 0 rings (SSSR count). The van der Waals surface area contributed by atoms with Crippen LogP contribution in [0.1, 0.15) is 67.7 Å². The molecular formula is C19H36OSi. The highest BCUT2D eigenvalue weighted by Gasteiger charge is 2.39. The lowest BCUT2D eigenvalue weighted by Gasteiger charge is -2.38. The molecule has 0 fully saturated rings. The van der Waals surface area contributed by atoms with E-state index in [0.717, 1.165) is 12.8 Å². The molecule has 0 spiro atoms. The van der Waals surface area contributed by atoms with Crippen LogP contribution in [0.3, 0.4) is 0 Å². The Hall–Kier alpha value is -0.523. The average molecular weight is 309 g/mol. The van der Waals surface area contributed by atoms with Crippen LogP contribution < -0.4 is 0 Å². The second-order valence-corrected chi connectivity index (χ2v) is 12.7. The van der Waals surface area contributed by atoms with Gasteiger partial charge in [-0.1, -0.05) is 45.3 Å². The molecule has 0 unspecified atom stereocenters. The first-order valence-corrected chi connectivity index (χ1v) is 11.1. The van der Waals surface area contributed by atoms with Gasteiger partial charge in [0.1, 0.15) is 6.10 Å². The summed E-state index contributed by atoms with van der Waals surface area (Å²) in [5, 5.41) is 0.242. The number of allylic oxidation sites excluding steroid dienone is 2. The Morgan fingerprint density at radius 2 is 1.81 bits per heavy atom. The molecule has 0 N–H and O–H groups in total. The normalized spacial score (nSPS) is 14.9. The maximum atomic E-state index is 6.49. The molecule has 0 bridgehead atoms. The zero-order chi connectivity index (χ0) is 16.7. The van der Waals surface area contributed by atoms with Gasteiger partial charge in [0, 0.05) is 0 Å². The summed E-state index contributed by atoms with van der Waals surface area (Å²) in [5.74, 6) is 6.99. The van der Waals surface area contributed by atoms with Crippen LogP contribution in [0.15, 0.2) is 11.6 Å². The van der Waals surface area contributed by atoms with E-state index in [2.05, 4.69) is 72.6 Å². The molecule has 2 atom stereocenters. The molecule has 0 amide bonds. The predicted octanol–water partition coefficient (Wildman–Crippen LogP) is 6.17. The maximum absolute atomic E-state index is 6.49. The Morgan fingerprint density at radius 1 is 1.24 bits per heavy atom. The van der Waals surface area contributed by atoms with Gasteiger partial charge in [-0.25, -0.2) is 0 Å². The monoisotopic (exact) mass is 308 g/mol. The van der Waals surface area contributed by atoms with Crippen molar-refractivity contribution in [2.24, 2.45) is 5.92 Å². The molecule has 0 aliphatic rings. The molecule has 0 aliphatic heterocycles. The van der Waals surface area contributed by atoms with Crippen LogP contribution in [0.2, 0.25) is 18.1 Å². The largest absolute Gasteiger partial charge is 0.403 e. The lowest BCUT2D eigenvalue weighted by atomic mass is 9.98. The Kier molecular flexibility index (Phi) is 8.59. The van der Waals surface area contributed by atoms with Gasteiger partial charge in [0.05, 0.1) is 0 Å². The van der Waals surface area contributed by atoms with Gasteiger partial charge in [-0.2, -0.15) is 0 Å². The van der Waals surface area contributed by atoms with Crippen LogP contribution in [0.4, 0.5) is 0 Å². The lowest BCUT2D eigenvalue weighted by Crippen LogP contribution is -2.44. The molecule has 1 nitrogen and oxygen atoms in total. The van der Waals surface area contributed by atoms with Crippen molar-refractivity contribution in [3.8, 4) is 11.8 Å². The van der Waals surface area contributed by atoms with E-state index in [1.54, 1.807) is 0 Å². The van der Waals surface area contributed by atoms with Crippen LogP contribution in [0, 0.1) is 17.8 Å². The van der Waals surface area contributed by atoms with Crippen LogP contribution in [-0.4, -0.2) is 14.4 Å². The first kappa shape index (κ1) is 20.5. The highest BCUT2D eigenvalue weighted by atomic mass is 28.4. The van der Waals surface area contributed by atoms with Crippen LogP contribution >= 0.6 is 0 Å². The minimum Gasteiger partial charge on any atom is -0.403 e. The highest BCUT2D eigenvalue weighted by Crippen LogP contribution is 2.38. The minimum atomic E-state index is -1.74. The lowest BCUT2D eigenvalue weighted by molar-refractivity contribution is 0.200. The van der Waals surface area contributed by atoms with Gasteiger partial charge in [-0.05, 0) is 64.1 Å². The van der Waals surface area contributed by atoms with Crippen LogP contribution in [0.5, 0.6) is 0 Å². The summed E-state index contributed by atoms with van der Waals surface area (Å²) in [5.41, 5.74) is 1.41. The van der Waals surface area contributed by atoms with E-state index in [1.165, 1.54) is 12.0 Å². The summed E-state index contributed by atoms with van der Waals surface area (Å²) in [6.45, 7) is 20.0. The van der Waals surface area contributed by atoms with Crippen molar-refractivity contribution in [1.29, 1.82) is 0 Å². The van der Waals surface area contributed by atoms with Crippen molar-refractivity contribution < 1.29 is 4.43 Å². The average Bonchev–Trinajstić information content (AvgIpc) is 2.26. The van der Waals surface area contributed by atoms with Gasteiger partial charge in [0.15, 0.2) is 8.32 Å². The molecule has 21 heavy (non-hydrogen) atoms. The molecule has 0 radical (unpaired) electrons. The van der Waals surface area contributed by atoms with Gasteiger partial charge < -0.3 is 4.43 Å². The van der Waals surface area contributed by atoms with E-state index in [0.29, 0.717) is 5.92 Å².